The fraction of sp³-hybridized carbons (Fsp3) is 0.111. The highest BCUT2D eigenvalue weighted by Crippen LogP contribution is 2.25. The Morgan fingerprint density at radius 2 is 2.21 bits per heavy atom. The van der Waals surface area contributed by atoms with Crippen molar-refractivity contribution in [2.75, 3.05) is 0 Å². The lowest BCUT2D eigenvalue weighted by Crippen LogP contribution is -1.88. The Bertz CT molecular complexity index is 388. The van der Waals surface area contributed by atoms with Crippen LogP contribution < -0.4 is 0 Å². The average molecular weight is 231 g/mol. The molecular formula is C9H8Cl2N2O. The number of halogens is 2. The minimum atomic E-state index is 0.0952. The number of nitrogens with zero attached hydrogens (tertiary/aromatic N) is 2. The summed E-state index contributed by atoms with van der Waals surface area (Å²) in [5.74, 6) is 0. The Kier molecular flexibility index (Phi) is 3.92. The molecule has 5 heteroatoms. The van der Waals surface area contributed by atoms with Gasteiger partial charge >= 0.3 is 0 Å². The second kappa shape index (κ2) is 4.98. The van der Waals surface area contributed by atoms with E-state index in [1.54, 1.807) is 18.2 Å². The third-order valence-corrected chi connectivity index (χ3v) is 2.22. The molecule has 1 rings (SSSR count). The van der Waals surface area contributed by atoms with Crippen molar-refractivity contribution in [2.24, 2.45) is 10.1 Å². The SMILES string of the molecule is Cc1c(Cl)cccc1/N=C(Cl)\C=N\O. The van der Waals surface area contributed by atoms with Gasteiger partial charge in [-0.05, 0) is 24.6 Å². The summed E-state index contributed by atoms with van der Waals surface area (Å²) in [5, 5.41) is 11.7. The van der Waals surface area contributed by atoms with E-state index < -0.39 is 0 Å². The lowest BCUT2D eigenvalue weighted by Gasteiger charge is -2.01. The van der Waals surface area contributed by atoms with Gasteiger partial charge in [-0.15, -0.1) is 0 Å². The van der Waals surface area contributed by atoms with E-state index in [9.17, 15) is 0 Å². The maximum Gasteiger partial charge on any atom is 0.151 e. The Morgan fingerprint density at radius 1 is 1.50 bits per heavy atom. The lowest BCUT2D eigenvalue weighted by atomic mass is 10.2. The van der Waals surface area contributed by atoms with Crippen molar-refractivity contribution < 1.29 is 5.21 Å². The van der Waals surface area contributed by atoms with Crippen molar-refractivity contribution in [2.45, 2.75) is 6.92 Å². The quantitative estimate of drug-likeness (QED) is 0.473. The second-order valence-electron chi connectivity index (χ2n) is 2.56. The molecule has 0 aromatic heterocycles. The minimum Gasteiger partial charge on any atom is -0.411 e. The van der Waals surface area contributed by atoms with Gasteiger partial charge in [-0.25, -0.2) is 4.99 Å². The van der Waals surface area contributed by atoms with Crippen molar-refractivity contribution in [3.05, 3.63) is 28.8 Å². The fourth-order valence-corrected chi connectivity index (χ4v) is 1.21. The van der Waals surface area contributed by atoms with Crippen LogP contribution in [0.5, 0.6) is 0 Å². The zero-order valence-electron chi connectivity index (χ0n) is 7.41. The number of oxime groups is 1. The summed E-state index contributed by atoms with van der Waals surface area (Å²) in [5.41, 5.74) is 1.49. The van der Waals surface area contributed by atoms with Gasteiger partial charge in [0.15, 0.2) is 5.17 Å². The van der Waals surface area contributed by atoms with Crippen molar-refractivity contribution in [1.82, 2.24) is 0 Å². The number of benzene rings is 1. The Morgan fingerprint density at radius 3 is 2.86 bits per heavy atom. The molecule has 0 saturated carbocycles. The summed E-state index contributed by atoms with van der Waals surface area (Å²) in [7, 11) is 0. The van der Waals surface area contributed by atoms with Gasteiger partial charge in [-0.2, -0.15) is 0 Å². The highest BCUT2D eigenvalue weighted by atomic mass is 35.5. The average Bonchev–Trinajstić information content (AvgIpc) is 2.13. The molecule has 0 aliphatic carbocycles. The van der Waals surface area contributed by atoms with E-state index in [-0.39, 0.29) is 5.17 Å². The van der Waals surface area contributed by atoms with Crippen molar-refractivity contribution in [3.63, 3.8) is 0 Å². The molecule has 0 aliphatic rings. The molecule has 74 valence electrons. The first-order valence-electron chi connectivity index (χ1n) is 3.82. The minimum absolute atomic E-state index is 0.0952. The highest BCUT2D eigenvalue weighted by molar-refractivity contribution is 6.80. The molecule has 0 spiro atoms. The third-order valence-electron chi connectivity index (χ3n) is 1.63. The molecule has 1 aromatic rings. The molecule has 3 nitrogen and oxygen atoms in total. The molecule has 0 bridgehead atoms. The first kappa shape index (κ1) is 11.0. The second-order valence-corrected chi connectivity index (χ2v) is 3.36. The van der Waals surface area contributed by atoms with Crippen LogP contribution in [0.4, 0.5) is 5.69 Å². The standard InChI is InChI=1S/C9H8Cl2N2O/c1-6-7(10)3-2-4-8(6)13-9(11)5-12-14/h2-5,14H,1H3/b12-5+,13-9+. The van der Waals surface area contributed by atoms with Gasteiger partial charge in [0.05, 0.1) is 5.69 Å². The first-order valence-corrected chi connectivity index (χ1v) is 4.57. The van der Waals surface area contributed by atoms with E-state index >= 15 is 0 Å². The van der Waals surface area contributed by atoms with Crippen LogP contribution in [0.2, 0.25) is 5.02 Å². The smallest absolute Gasteiger partial charge is 0.151 e. The van der Waals surface area contributed by atoms with Crippen LogP contribution in [-0.4, -0.2) is 16.6 Å². The van der Waals surface area contributed by atoms with Crippen LogP contribution in [0.3, 0.4) is 0 Å². The van der Waals surface area contributed by atoms with Gasteiger partial charge in [0.25, 0.3) is 0 Å². The molecule has 0 radical (unpaired) electrons. The summed E-state index contributed by atoms with van der Waals surface area (Å²) in [4.78, 5) is 4.00. The van der Waals surface area contributed by atoms with E-state index in [2.05, 4.69) is 10.1 Å². The summed E-state index contributed by atoms with van der Waals surface area (Å²) >= 11 is 11.5. The van der Waals surface area contributed by atoms with Crippen molar-refractivity contribution in [3.8, 4) is 0 Å². The van der Waals surface area contributed by atoms with Crippen molar-refractivity contribution in [1.29, 1.82) is 0 Å². The lowest BCUT2D eigenvalue weighted by molar-refractivity contribution is 0.322. The molecule has 1 aromatic carbocycles. The number of hydrogen-bond donors (Lipinski definition) is 1. The number of aliphatic imine (C=N–C) groups is 1. The van der Waals surface area contributed by atoms with E-state index in [0.29, 0.717) is 10.7 Å². The molecule has 0 atom stereocenters. The summed E-state index contributed by atoms with van der Waals surface area (Å²) in [6.07, 6.45) is 1.04. The maximum absolute atomic E-state index is 8.22. The predicted octanol–water partition coefficient (Wildman–Crippen LogP) is 3.38. The topological polar surface area (TPSA) is 45.0 Å². The molecule has 0 saturated heterocycles. The van der Waals surface area contributed by atoms with Gasteiger partial charge in [0.1, 0.15) is 6.21 Å². The van der Waals surface area contributed by atoms with Gasteiger partial charge in [-0.1, -0.05) is 34.4 Å². The summed E-state index contributed by atoms with van der Waals surface area (Å²) in [6, 6.07) is 5.31. The van der Waals surface area contributed by atoms with Gasteiger partial charge in [0.2, 0.25) is 0 Å². The largest absolute Gasteiger partial charge is 0.411 e. The molecule has 0 fully saturated rings. The van der Waals surface area contributed by atoms with Gasteiger partial charge in [0, 0.05) is 5.02 Å². The van der Waals surface area contributed by atoms with E-state index in [4.69, 9.17) is 28.4 Å². The van der Waals surface area contributed by atoms with Crippen LogP contribution >= 0.6 is 23.2 Å². The molecular weight excluding hydrogens is 223 g/mol. The van der Waals surface area contributed by atoms with Crippen molar-refractivity contribution >= 4 is 40.3 Å². The highest BCUT2D eigenvalue weighted by Gasteiger charge is 2.00. The Balaban J connectivity index is 3.08. The van der Waals surface area contributed by atoms with Gasteiger partial charge in [-0.3, -0.25) is 0 Å². The molecule has 0 heterocycles. The molecule has 1 N–H and O–H groups in total. The number of rotatable bonds is 2. The van der Waals surface area contributed by atoms with Gasteiger partial charge < -0.3 is 5.21 Å². The van der Waals surface area contributed by atoms with E-state index in [1.807, 2.05) is 6.92 Å². The fourth-order valence-electron chi connectivity index (χ4n) is 0.909. The molecule has 0 unspecified atom stereocenters. The Labute approximate surface area is 91.7 Å². The summed E-state index contributed by atoms with van der Waals surface area (Å²) in [6.45, 7) is 1.83. The van der Waals surface area contributed by atoms with Crippen LogP contribution in [-0.2, 0) is 0 Å². The molecule has 0 aliphatic heterocycles. The van der Waals surface area contributed by atoms with Crippen LogP contribution in [0.25, 0.3) is 0 Å². The normalized spacial score (nSPS) is 12.4. The monoisotopic (exact) mass is 230 g/mol. The first-order chi connectivity index (χ1) is 6.65. The van der Waals surface area contributed by atoms with Crippen LogP contribution in [0.1, 0.15) is 5.56 Å². The third kappa shape index (κ3) is 2.72. The number of hydrogen-bond acceptors (Lipinski definition) is 3. The molecule has 0 amide bonds. The zero-order valence-corrected chi connectivity index (χ0v) is 8.92. The van der Waals surface area contributed by atoms with Crippen LogP contribution in [0.15, 0.2) is 28.3 Å². The Hall–Kier alpha value is -1.06. The van der Waals surface area contributed by atoms with Crippen LogP contribution in [0, 0.1) is 6.92 Å². The van der Waals surface area contributed by atoms with E-state index in [0.717, 1.165) is 11.8 Å². The summed E-state index contributed by atoms with van der Waals surface area (Å²) < 4.78 is 0. The maximum atomic E-state index is 8.22. The van der Waals surface area contributed by atoms with E-state index in [1.165, 1.54) is 0 Å². The zero-order chi connectivity index (χ0) is 10.6. The predicted molar refractivity (Wildman–Crippen MR) is 59.4 cm³/mol. The molecule has 14 heavy (non-hydrogen) atoms.